The minimum atomic E-state index is -1.02. The van der Waals surface area contributed by atoms with E-state index in [-0.39, 0.29) is 24.4 Å². The molecule has 3 aromatic carbocycles. The molecule has 0 aliphatic rings. The summed E-state index contributed by atoms with van der Waals surface area (Å²) in [7, 11) is 0. The molecule has 0 spiro atoms. The number of nitrogens with one attached hydrogen (secondary N) is 1. The molecule has 1 atom stereocenters. The third-order valence-electron chi connectivity index (χ3n) is 4.54. The molecule has 0 radical (unpaired) electrons. The van der Waals surface area contributed by atoms with E-state index < -0.39 is 24.1 Å². The zero-order valence-corrected chi connectivity index (χ0v) is 19.5. The highest BCUT2D eigenvalue weighted by atomic mass is 79.9. The smallest absolute Gasteiger partial charge is 0.411 e. The van der Waals surface area contributed by atoms with Crippen LogP contribution in [0.4, 0.5) is 10.5 Å². The monoisotopic (exact) mass is 511 g/mol. The van der Waals surface area contributed by atoms with Gasteiger partial charge in [-0.2, -0.15) is 0 Å². The van der Waals surface area contributed by atoms with Crippen molar-refractivity contribution in [1.29, 1.82) is 0 Å². The van der Waals surface area contributed by atoms with Crippen molar-refractivity contribution < 1.29 is 28.6 Å². The largest absolute Gasteiger partial charge is 0.458 e. The van der Waals surface area contributed by atoms with Crippen molar-refractivity contribution in [3.05, 3.63) is 88.9 Å². The van der Waals surface area contributed by atoms with Crippen LogP contribution in [0.5, 0.6) is 0 Å². The summed E-state index contributed by atoms with van der Waals surface area (Å²) < 4.78 is 16.3. The van der Waals surface area contributed by atoms with E-state index in [1.165, 1.54) is 6.92 Å². The Morgan fingerprint density at radius 3 is 2.36 bits per heavy atom. The van der Waals surface area contributed by atoms with Gasteiger partial charge in [-0.15, -0.1) is 0 Å². The van der Waals surface area contributed by atoms with E-state index in [4.69, 9.17) is 14.2 Å². The Labute approximate surface area is 199 Å². The number of anilines is 1. The highest BCUT2D eigenvalue weighted by Crippen LogP contribution is 2.23. The van der Waals surface area contributed by atoms with Crippen LogP contribution in [-0.2, 0) is 19.0 Å². The lowest BCUT2D eigenvalue weighted by Crippen LogP contribution is -2.32. The second kappa shape index (κ2) is 11.3. The molecule has 170 valence electrons. The molecule has 1 amide bonds. The molecule has 1 unspecified atom stereocenters. The highest BCUT2D eigenvalue weighted by molar-refractivity contribution is 9.10. The van der Waals surface area contributed by atoms with Crippen molar-refractivity contribution in [2.45, 2.75) is 13.0 Å². The number of carbonyl (C=O) groups excluding carboxylic acids is 3. The first-order valence-electron chi connectivity index (χ1n) is 10.0. The van der Waals surface area contributed by atoms with Gasteiger partial charge in [0.1, 0.15) is 13.2 Å². The van der Waals surface area contributed by atoms with Gasteiger partial charge in [0.05, 0.1) is 11.3 Å². The van der Waals surface area contributed by atoms with Crippen molar-refractivity contribution in [2.24, 2.45) is 0 Å². The van der Waals surface area contributed by atoms with E-state index >= 15 is 0 Å². The maximum Gasteiger partial charge on any atom is 0.411 e. The number of esters is 2. The third kappa shape index (κ3) is 6.66. The van der Waals surface area contributed by atoms with Crippen LogP contribution >= 0.6 is 15.9 Å². The number of hydrogen-bond acceptors (Lipinski definition) is 6. The van der Waals surface area contributed by atoms with Gasteiger partial charge in [-0.05, 0) is 46.4 Å². The van der Waals surface area contributed by atoms with Gasteiger partial charge in [0.2, 0.25) is 0 Å². The van der Waals surface area contributed by atoms with Crippen molar-refractivity contribution in [2.75, 3.05) is 18.5 Å². The minimum Gasteiger partial charge on any atom is -0.458 e. The number of benzene rings is 3. The third-order valence-corrected chi connectivity index (χ3v) is 5.23. The van der Waals surface area contributed by atoms with Crippen LogP contribution in [0.25, 0.3) is 10.8 Å². The lowest BCUT2D eigenvalue weighted by atomic mass is 10.1. The van der Waals surface area contributed by atoms with Crippen molar-refractivity contribution in [3.63, 3.8) is 0 Å². The fourth-order valence-corrected chi connectivity index (χ4v) is 3.35. The van der Waals surface area contributed by atoms with Crippen LogP contribution in [-0.4, -0.2) is 37.3 Å². The van der Waals surface area contributed by atoms with Gasteiger partial charge in [-0.25, -0.2) is 14.4 Å². The number of rotatable bonds is 8. The average molecular weight is 512 g/mol. The summed E-state index contributed by atoms with van der Waals surface area (Å²) in [5, 5.41) is 4.50. The van der Waals surface area contributed by atoms with Gasteiger partial charge in [-0.3, -0.25) is 5.32 Å². The Morgan fingerprint density at radius 2 is 1.61 bits per heavy atom. The normalized spacial score (nSPS) is 11.3. The second-order valence-electron chi connectivity index (χ2n) is 7.14. The Kier molecular flexibility index (Phi) is 8.21. The van der Waals surface area contributed by atoms with Crippen LogP contribution < -0.4 is 5.32 Å². The Bertz CT molecular complexity index is 1190. The summed E-state index contributed by atoms with van der Waals surface area (Å²) in [6, 6.07) is 19.8. The van der Waals surface area contributed by atoms with Crippen LogP contribution in [0.15, 0.2) is 83.4 Å². The van der Waals surface area contributed by atoms with E-state index in [1.54, 1.807) is 30.3 Å². The highest BCUT2D eigenvalue weighted by Gasteiger charge is 2.22. The topological polar surface area (TPSA) is 90.9 Å². The van der Waals surface area contributed by atoms with Crippen LogP contribution in [0.3, 0.4) is 0 Å². The Morgan fingerprint density at radius 1 is 0.939 bits per heavy atom. The summed E-state index contributed by atoms with van der Waals surface area (Å²) in [6.45, 7) is 4.39. The molecule has 3 aromatic rings. The predicted octanol–water partition coefficient (Wildman–Crippen LogP) is 5.50. The van der Waals surface area contributed by atoms with Gasteiger partial charge < -0.3 is 14.2 Å². The first kappa shape index (κ1) is 24.0. The first-order chi connectivity index (χ1) is 15.8. The van der Waals surface area contributed by atoms with Gasteiger partial charge in [0.25, 0.3) is 0 Å². The van der Waals surface area contributed by atoms with E-state index in [2.05, 4.69) is 27.8 Å². The van der Waals surface area contributed by atoms with Crippen molar-refractivity contribution in [1.82, 2.24) is 0 Å². The van der Waals surface area contributed by atoms with Crippen LogP contribution in [0, 0.1) is 0 Å². The zero-order chi connectivity index (χ0) is 23.8. The van der Waals surface area contributed by atoms with Gasteiger partial charge >= 0.3 is 18.0 Å². The SMILES string of the molecule is C=C(C)C(=O)OCC(COC(=O)Nc1cccc2ccccc12)OC(=O)c1ccccc1Br. The lowest BCUT2D eigenvalue weighted by molar-refractivity contribution is -0.142. The number of carbonyl (C=O) groups is 3. The minimum absolute atomic E-state index is 0.195. The van der Waals surface area contributed by atoms with Gasteiger partial charge in [0.15, 0.2) is 6.10 Å². The Hall–Kier alpha value is -3.65. The van der Waals surface area contributed by atoms with E-state index in [1.807, 2.05) is 36.4 Å². The fourth-order valence-electron chi connectivity index (χ4n) is 2.90. The number of hydrogen-bond donors (Lipinski definition) is 1. The maximum absolute atomic E-state index is 12.6. The Balaban J connectivity index is 1.66. The van der Waals surface area contributed by atoms with Crippen molar-refractivity contribution in [3.8, 4) is 0 Å². The molecule has 7 nitrogen and oxygen atoms in total. The summed E-state index contributed by atoms with van der Waals surface area (Å²) in [5.74, 6) is -1.30. The maximum atomic E-state index is 12.6. The summed E-state index contributed by atoms with van der Waals surface area (Å²) in [6.07, 6.45) is -1.76. The molecule has 1 N–H and O–H groups in total. The summed E-state index contributed by atoms with van der Waals surface area (Å²) >= 11 is 3.29. The van der Waals surface area contributed by atoms with E-state index in [0.29, 0.717) is 10.2 Å². The predicted molar refractivity (Wildman–Crippen MR) is 128 cm³/mol. The second-order valence-corrected chi connectivity index (χ2v) is 7.99. The standard InChI is InChI=1S/C25H22BrNO6/c1-16(2)23(28)31-14-18(33-24(29)20-11-5-6-12-21(20)26)15-32-25(30)27-22-13-7-9-17-8-3-4-10-19(17)22/h3-13,18H,1,14-15H2,2H3,(H,27,30). The molecule has 3 rings (SSSR count). The number of halogens is 1. The lowest BCUT2D eigenvalue weighted by Gasteiger charge is -2.19. The molecule has 0 saturated carbocycles. The summed E-state index contributed by atoms with van der Waals surface area (Å²) in [5.41, 5.74) is 1.06. The van der Waals surface area contributed by atoms with E-state index in [9.17, 15) is 14.4 Å². The van der Waals surface area contributed by atoms with Gasteiger partial charge in [0, 0.05) is 15.4 Å². The number of ether oxygens (including phenoxy) is 3. The molecule has 0 aliphatic heterocycles. The zero-order valence-electron chi connectivity index (χ0n) is 17.9. The molecule has 0 bridgehead atoms. The van der Waals surface area contributed by atoms with E-state index in [0.717, 1.165) is 10.8 Å². The molecule has 0 aliphatic carbocycles. The molecule has 33 heavy (non-hydrogen) atoms. The van der Waals surface area contributed by atoms with Gasteiger partial charge in [-0.1, -0.05) is 55.1 Å². The number of fused-ring (bicyclic) bond motifs is 1. The molecule has 8 heteroatoms. The molecular formula is C25H22BrNO6. The molecular weight excluding hydrogens is 490 g/mol. The van der Waals surface area contributed by atoms with Crippen molar-refractivity contribution >= 4 is 50.4 Å². The van der Waals surface area contributed by atoms with Crippen LogP contribution in [0.2, 0.25) is 0 Å². The fraction of sp³-hybridized carbons (Fsp3) is 0.160. The number of amides is 1. The molecule has 0 saturated heterocycles. The molecule has 0 heterocycles. The quantitative estimate of drug-likeness (QED) is 0.244. The summed E-state index contributed by atoms with van der Waals surface area (Å²) in [4.78, 5) is 36.8. The van der Waals surface area contributed by atoms with Crippen LogP contribution in [0.1, 0.15) is 17.3 Å². The average Bonchev–Trinajstić information content (AvgIpc) is 2.81. The molecule has 0 aromatic heterocycles. The first-order valence-corrected chi connectivity index (χ1v) is 10.8. The molecule has 0 fully saturated rings.